The Balaban J connectivity index is 1.90. The molecule has 118 valence electrons. The van der Waals surface area contributed by atoms with Crippen molar-refractivity contribution in [3.63, 3.8) is 0 Å². The summed E-state index contributed by atoms with van der Waals surface area (Å²) in [7, 11) is 0. The third kappa shape index (κ3) is 4.02. The van der Waals surface area contributed by atoms with Crippen molar-refractivity contribution in [1.82, 2.24) is 5.32 Å². The minimum Gasteiger partial charge on any atom is -0.394 e. The molecule has 0 spiro atoms. The molecule has 1 fully saturated rings. The highest BCUT2D eigenvalue weighted by Crippen LogP contribution is 2.39. The van der Waals surface area contributed by atoms with Crippen LogP contribution in [0.5, 0.6) is 0 Å². The average Bonchev–Trinajstić information content (AvgIpc) is 2.85. The molecule has 1 aromatic carbocycles. The van der Waals surface area contributed by atoms with Gasteiger partial charge < -0.3 is 10.4 Å². The zero-order valence-corrected chi connectivity index (χ0v) is 14.4. The Bertz CT molecular complexity index is 463. The second-order valence-corrected chi connectivity index (χ2v) is 7.48. The van der Waals surface area contributed by atoms with E-state index in [4.69, 9.17) is 0 Å². The number of nitrogens with one attached hydrogen (secondary N) is 1. The zero-order valence-electron chi connectivity index (χ0n) is 13.6. The predicted molar refractivity (Wildman–Crippen MR) is 92.1 cm³/mol. The Kier molecular flexibility index (Phi) is 6.15. The van der Waals surface area contributed by atoms with Crippen LogP contribution in [0.2, 0.25) is 0 Å². The van der Waals surface area contributed by atoms with Gasteiger partial charge in [0, 0.05) is 10.4 Å². The van der Waals surface area contributed by atoms with Gasteiger partial charge in [0.25, 0.3) is 0 Å². The lowest BCUT2D eigenvalue weighted by molar-refractivity contribution is 0.124. The number of aliphatic hydroxyl groups is 1. The summed E-state index contributed by atoms with van der Waals surface area (Å²) < 4.78 is 0. The number of likely N-dealkylation sites (N-methyl/N-ethyl adjacent to an activating group) is 1. The van der Waals surface area contributed by atoms with E-state index in [1.165, 1.54) is 35.3 Å². The number of aliphatic hydroxyl groups excluding tert-OH is 1. The van der Waals surface area contributed by atoms with Crippen molar-refractivity contribution in [3.05, 3.63) is 29.3 Å². The molecule has 2 atom stereocenters. The quantitative estimate of drug-likeness (QED) is 0.749. The van der Waals surface area contributed by atoms with Gasteiger partial charge in [-0.05, 0) is 63.0 Å². The van der Waals surface area contributed by atoms with E-state index in [9.17, 15) is 5.11 Å². The number of thioether (sulfide) groups is 1. The van der Waals surface area contributed by atoms with Gasteiger partial charge in [0.15, 0.2) is 0 Å². The highest BCUT2D eigenvalue weighted by molar-refractivity contribution is 7.99. The first-order valence-electron chi connectivity index (χ1n) is 8.17. The Labute approximate surface area is 133 Å². The number of benzene rings is 1. The Morgan fingerprint density at radius 2 is 2.19 bits per heavy atom. The number of rotatable bonds is 7. The van der Waals surface area contributed by atoms with Crippen LogP contribution in [0.3, 0.4) is 0 Å². The molecule has 2 unspecified atom stereocenters. The molecule has 2 rings (SSSR count). The first-order valence-corrected chi connectivity index (χ1v) is 9.16. The second-order valence-electron chi connectivity index (χ2n) is 6.34. The fourth-order valence-corrected chi connectivity index (χ4v) is 4.76. The van der Waals surface area contributed by atoms with Crippen molar-refractivity contribution < 1.29 is 5.11 Å². The van der Waals surface area contributed by atoms with Gasteiger partial charge in [-0.3, -0.25) is 0 Å². The van der Waals surface area contributed by atoms with Crippen LogP contribution in [0.1, 0.15) is 43.7 Å². The molecule has 1 saturated carbocycles. The molecule has 1 aliphatic rings. The maximum atomic E-state index is 9.84. The second kappa shape index (κ2) is 7.66. The van der Waals surface area contributed by atoms with Crippen molar-refractivity contribution in [1.29, 1.82) is 0 Å². The molecule has 2 nitrogen and oxygen atoms in total. The van der Waals surface area contributed by atoms with Crippen LogP contribution >= 0.6 is 11.8 Å². The number of hydrogen-bond donors (Lipinski definition) is 2. The van der Waals surface area contributed by atoms with Gasteiger partial charge >= 0.3 is 0 Å². The smallest absolute Gasteiger partial charge is 0.0616 e. The average molecular weight is 308 g/mol. The Morgan fingerprint density at radius 1 is 1.38 bits per heavy atom. The summed E-state index contributed by atoms with van der Waals surface area (Å²) in [5.74, 6) is 1.75. The molecule has 21 heavy (non-hydrogen) atoms. The van der Waals surface area contributed by atoms with E-state index < -0.39 is 0 Å². The van der Waals surface area contributed by atoms with Crippen LogP contribution in [0.15, 0.2) is 23.1 Å². The fourth-order valence-electron chi connectivity index (χ4n) is 3.69. The molecule has 0 aliphatic heterocycles. The summed E-state index contributed by atoms with van der Waals surface area (Å²) in [6.45, 7) is 7.70. The van der Waals surface area contributed by atoms with Gasteiger partial charge in [0.2, 0.25) is 0 Å². The van der Waals surface area contributed by atoms with Gasteiger partial charge in [0.1, 0.15) is 0 Å². The van der Waals surface area contributed by atoms with E-state index in [1.54, 1.807) is 0 Å². The summed E-state index contributed by atoms with van der Waals surface area (Å²) in [6, 6.07) is 6.70. The van der Waals surface area contributed by atoms with Gasteiger partial charge in [0.05, 0.1) is 6.61 Å². The number of hydrogen-bond acceptors (Lipinski definition) is 3. The monoisotopic (exact) mass is 307 g/mol. The molecule has 1 aliphatic carbocycles. The molecular formula is C18H29NOS. The lowest BCUT2D eigenvalue weighted by atomic mass is 9.86. The van der Waals surface area contributed by atoms with E-state index in [0.717, 1.165) is 18.7 Å². The zero-order chi connectivity index (χ0) is 15.3. The largest absolute Gasteiger partial charge is 0.394 e. The first kappa shape index (κ1) is 16.9. The van der Waals surface area contributed by atoms with Crippen LogP contribution in [0.25, 0.3) is 0 Å². The molecule has 0 radical (unpaired) electrons. The van der Waals surface area contributed by atoms with Gasteiger partial charge in [-0.25, -0.2) is 0 Å². The van der Waals surface area contributed by atoms with E-state index in [2.05, 4.69) is 44.3 Å². The molecule has 0 saturated heterocycles. The van der Waals surface area contributed by atoms with Crippen molar-refractivity contribution in [3.8, 4) is 0 Å². The SMILES string of the molecule is CCNC1(CO)CCCC1CCSc1ccc(C)cc1C. The van der Waals surface area contributed by atoms with Crippen LogP contribution in [0.4, 0.5) is 0 Å². The van der Waals surface area contributed by atoms with Gasteiger partial charge in [-0.2, -0.15) is 0 Å². The summed E-state index contributed by atoms with van der Waals surface area (Å²) in [6.07, 6.45) is 4.80. The first-order chi connectivity index (χ1) is 10.1. The summed E-state index contributed by atoms with van der Waals surface area (Å²) in [5.41, 5.74) is 2.70. The standard InChI is InChI=1S/C18H29NOS/c1-4-19-18(13-20)10-5-6-16(18)9-11-21-17-8-7-14(2)12-15(17)3/h7-8,12,16,19-20H,4-6,9-11,13H2,1-3H3. The predicted octanol–water partition coefficient (Wildman–Crippen LogP) is 3.93. The van der Waals surface area contributed by atoms with Crippen LogP contribution in [-0.2, 0) is 0 Å². The maximum absolute atomic E-state index is 9.84. The van der Waals surface area contributed by atoms with Gasteiger partial charge in [-0.1, -0.05) is 31.0 Å². The Hall–Kier alpha value is -0.510. The normalized spacial score (nSPS) is 25.4. The molecule has 3 heteroatoms. The van der Waals surface area contributed by atoms with E-state index in [1.807, 2.05) is 11.8 Å². The molecule has 0 amide bonds. The van der Waals surface area contributed by atoms with Crippen LogP contribution < -0.4 is 5.32 Å². The van der Waals surface area contributed by atoms with Crippen molar-refractivity contribution in [2.24, 2.45) is 5.92 Å². The third-order valence-corrected chi connectivity index (χ3v) is 6.03. The number of aryl methyl sites for hydroxylation is 2. The van der Waals surface area contributed by atoms with Crippen molar-refractivity contribution in [2.45, 2.75) is 56.9 Å². The fraction of sp³-hybridized carbons (Fsp3) is 0.667. The highest BCUT2D eigenvalue weighted by atomic mass is 32.2. The minimum absolute atomic E-state index is 0.0162. The third-order valence-electron chi connectivity index (χ3n) is 4.82. The van der Waals surface area contributed by atoms with Crippen LogP contribution in [-0.4, -0.2) is 29.5 Å². The minimum atomic E-state index is -0.0162. The van der Waals surface area contributed by atoms with E-state index >= 15 is 0 Å². The van der Waals surface area contributed by atoms with Crippen LogP contribution in [0, 0.1) is 19.8 Å². The molecular weight excluding hydrogens is 278 g/mol. The van der Waals surface area contributed by atoms with Crippen molar-refractivity contribution >= 4 is 11.8 Å². The summed E-state index contributed by atoms with van der Waals surface area (Å²) >= 11 is 1.96. The van der Waals surface area contributed by atoms with Gasteiger partial charge in [-0.15, -0.1) is 11.8 Å². The highest BCUT2D eigenvalue weighted by Gasteiger charge is 2.41. The molecule has 2 N–H and O–H groups in total. The van der Waals surface area contributed by atoms with E-state index in [-0.39, 0.29) is 12.1 Å². The molecule has 0 bridgehead atoms. The lowest BCUT2D eigenvalue weighted by Gasteiger charge is -2.35. The summed E-state index contributed by atoms with van der Waals surface area (Å²) in [5, 5.41) is 13.4. The molecule has 0 heterocycles. The lowest BCUT2D eigenvalue weighted by Crippen LogP contribution is -2.51. The maximum Gasteiger partial charge on any atom is 0.0616 e. The van der Waals surface area contributed by atoms with E-state index in [0.29, 0.717) is 5.92 Å². The topological polar surface area (TPSA) is 32.3 Å². The Morgan fingerprint density at radius 3 is 2.86 bits per heavy atom. The molecule has 0 aromatic heterocycles. The molecule has 1 aromatic rings. The summed E-state index contributed by atoms with van der Waals surface area (Å²) in [4.78, 5) is 1.40. The van der Waals surface area contributed by atoms with Crippen molar-refractivity contribution in [2.75, 3.05) is 18.9 Å².